The van der Waals surface area contributed by atoms with Crippen molar-refractivity contribution < 1.29 is 28.5 Å². The highest BCUT2D eigenvalue weighted by molar-refractivity contribution is 5.72. The molecule has 0 bridgehead atoms. The van der Waals surface area contributed by atoms with Gasteiger partial charge in [0.2, 0.25) is 0 Å². The van der Waals surface area contributed by atoms with Crippen LogP contribution in [-0.4, -0.2) is 37.9 Å². The lowest BCUT2D eigenvalue weighted by Gasteiger charge is -2.16. The highest BCUT2D eigenvalue weighted by atomic mass is 16.6. The summed E-state index contributed by atoms with van der Waals surface area (Å²) in [7, 11) is 0. The maximum Gasteiger partial charge on any atom is 0.344 e. The molecule has 6 nitrogen and oxygen atoms in total. The van der Waals surface area contributed by atoms with E-state index in [0.717, 1.165) is 0 Å². The van der Waals surface area contributed by atoms with E-state index in [-0.39, 0.29) is 19.8 Å². The third-order valence-corrected chi connectivity index (χ3v) is 3.38. The number of rotatable bonds is 10. The van der Waals surface area contributed by atoms with Crippen LogP contribution in [0.15, 0.2) is 60.7 Å². The van der Waals surface area contributed by atoms with Gasteiger partial charge in [0.15, 0.2) is 13.2 Å². The predicted molar refractivity (Wildman–Crippen MR) is 95.0 cm³/mol. The minimum Gasteiger partial charge on any atom is -0.482 e. The number of carbonyl (C=O) groups is 2. The largest absolute Gasteiger partial charge is 0.482 e. The van der Waals surface area contributed by atoms with Crippen molar-refractivity contribution >= 4 is 11.9 Å². The topological polar surface area (TPSA) is 71.1 Å². The highest BCUT2D eigenvalue weighted by Gasteiger charge is 2.16. The van der Waals surface area contributed by atoms with Crippen LogP contribution in [0.4, 0.5) is 0 Å². The summed E-state index contributed by atoms with van der Waals surface area (Å²) in [5.41, 5.74) is 0. The fraction of sp³-hybridized carbons (Fsp3) is 0.300. The highest BCUT2D eigenvalue weighted by Crippen LogP contribution is 2.10. The van der Waals surface area contributed by atoms with Gasteiger partial charge in [-0.05, 0) is 30.7 Å². The van der Waals surface area contributed by atoms with Crippen molar-refractivity contribution in [2.24, 2.45) is 0 Å². The molecule has 0 aliphatic heterocycles. The van der Waals surface area contributed by atoms with Crippen LogP contribution in [0.1, 0.15) is 13.3 Å². The summed E-state index contributed by atoms with van der Waals surface area (Å²) in [6.07, 6.45) is -0.00766. The number of esters is 2. The Morgan fingerprint density at radius 3 is 1.81 bits per heavy atom. The van der Waals surface area contributed by atoms with Crippen LogP contribution >= 0.6 is 0 Å². The summed E-state index contributed by atoms with van der Waals surface area (Å²) in [6, 6.07) is 17.9. The summed E-state index contributed by atoms with van der Waals surface area (Å²) in [6.45, 7) is 1.41. The Kier molecular flexibility index (Phi) is 7.99. The van der Waals surface area contributed by atoms with Gasteiger partial charge in [0.1, 0.15) is 24.2 Å². The van der Waals surface area contributed by atoms with Crippen molar-refractivity contribution in [1.82, 2.24) is 0 Å². The monoisotopic (exact) mass is 358 g/mol. The first-order chi connectivity index (χ1) is 12.7. The maximum atomic E-state index is 11.8. The SMILES string of the molecule is CCC(COC(=O)COc1ccccc1)OC(=O)COc1ccccc1. The maximum absolute atomic E-state index is 11.8. The molecule has 2 rings (SSSR count). The van der Waals surface area contributed by atoms with E-state index in [4.69, 9.17) is 18.9 Å². The molecule has 0 saturated carbocycles. The molecule has 0 heterocycles. The Hall–Kier alpha value is -3.02. The van der Waals surface area contributed by atoms with Crippen molar-refractivity contribution in [3.05, 3.63) is 60.7 Å². The van der Waals surface area contributed by atoms with Crippen molar-refractivity contribution in [3.8, 4) is 11.5 Å². The molecular formula is C20H22O6. The van der Waals surface area contributed by atoms with Crippen LogP contribution in [0.2, 0.25) is 0 Å². The lowest BCUT2D eigenvalue weighted by Crippen LogP contribution is -2.28. The molecule has 2 aromatic rings. The lowest BCUT2D eigenvalue weighted by atomic mass is 10.3. The quantitative estimate of drug-likeness (QED) is 0.608. The van der Waals surface area contributed by atoms with E-state index in [2.05, 4.69) is 0 Å². The van der Waals surface area contributed by atoms with Gasteiger partial charge >= 0.3 is 11.9 Å². The average Bonchev–Trinajstić information content (AvgIpc) is 2.69. The zero-order valence-corrected chi connectivity index (χ0v) is 14.6. The lowest BCUT2D eigenvalue weighted by molar-refractivity contribution is -0.161. The summed E-state index contributed by atoms with van der Waals surface area (Å²) in [4.78, 5) is 23.5. The van der Waals surface area contributed by atoms with Gasteiger partial charge in [-0.15, -0.1) is 0 Å². The van der Waals surface area contributed by atoms with E-state index >= 15 is 0 Å². The fourth-order valence-corrected chi connectivity index (χ4v) is 2.00. The molecule has 0 amide bonds. The first-order valence-electron chi connectivity index (χ1n) is 8.38. The van der Waals surface area contributed by atoms with Gasteiger partial charge in [-0.1, -0.05) is 43.3 Å². The second kappa shape index (κ2) is 10.8. The van der Waals surface area contributed by atoms with Gasteiger partial charge < -0.3 is 18.9 Å². The number of carbonyl (C=O) groups excluding carboxylic acids is 2. The molecule has 6 heteroatoms. The molecule has 0 radical (unpaired) electrons. The third-order valence-electron chi connectivity index (χ3n) is 3.38. The molecule has 0 aromatic heterocycles. The minimum atomic E-state index is -0.525. The van der Waals surface area contributed by atoms with E-state index < -0.39 is 18.0 Å². The number of hydrogen-bond donors (Lipinski definition) is 0. The summed E-state index contributed by atoms with van der Waals surface area (Å²) in [5.74, 6) is 0.129. The van der Waals surface area contributed by atoms with Gasteiger partial charge in [0, 0.05) is 0 Å². The predicted octanol–water partition coefficient (Wildman–Crippen LogP) is 3.01. The molecule has 0 saturated heterocycles. The van der Waals surface area contributed by atoms with E-state index in [0.29, 0.717) is 17.9 Å². The van der Waals surface area contributed by atoms with Crippen LogP contribution in [0.3, 0.4) is 0 Å². The van der Waals surface area contributed by atoms with Crippen LogP contribution in [0.25, 0.3) is 0 Å². The van der Waals surface area contributed by atoms with Crippen LogP contribution in [0, 0.1) is 0 Å². The van der Waals surface area contributed by atoms with Crippen LogP contribution in [0.5, 0.6) is 11.5 Å². The Morgan fingerprint density at radius 1 is 0.808 bits per heavy atom. The molecule has 1 atom stereocenters. The van der Waals surface area contributed by atoms with Gasteiger partial charge in [-0.2, -0.15) is 0 Å². The minimum absolute atomic E-state index is 0.0233. The van der Waals surface area contributed by atoms with Gasteiger partial charge in [-0.25, -0.2) is 9.59 Å². The Morgan fingerprint density at radius 2 is 1.31 bits per heavy atom. The summed E-state index contributed by atoms with van der Waals surface area (Å²) < 4.78 is 21.0. The Balaban J connectivity index is 1.66. The van der Waals surface area contributed by atoms with Crippen LogP contribution < -0.4 is 9.47 Å². The van der Waals surface area contributed by atoms with E-state index in [1.54, 1.807) is 24.3 Å². The number of ether oxygens (including phenoxy) is 4. The second-order valence-electron chi connectivity index (χ2n) is 5.41. The molecular weight excluding hydrogens is 336 g/mol. The van der Waals surface area contributed by atoms with Crippen molar-refractivity contribution in [2.75, 3.05) is 19.8 Å². The Bertz CT molecular complexity index is 671. The van der Waals surface area contributed by atoms with Gasteiger partial charge in [0.25, 0.3) is 0 Å². The fourth-order valence-electron chi connectivity index (χ4n) is 2.00. The first kappa shape index (κ1) is 19.3. The second-order valence-corrected chi connectivity index (χ2v) is 5.41. The molecule has 0 aliphatic rings. The number of benzene rings is 2. The van der Waals surface area contributed by atoms with E-state index in [1.807, 2.05) is 43.3 Å². The molecule has 0 fully saturated rings. The Labute approximate surface area is 152 Å². The van der Waals surface area contributed by atoms with Crippen molar-refractivity contribution in [2.45, 2.75) is 19.4 Å². The standard InChI is InChI=1S/C20H22O6/c1-2-16(26-20(22)15-24-18-11-7-4-8-12-18)13-25-19(21)14-23-17-9-5-3-6-10-17/h3-12,16H,2,13-15H2,1H3. The third kappa shape index (κ3) is 7.25. The zero-order chi connectivity index (χ0) is 18.6. The van der Waals surface area contributed by atoms with Gasteiger partial charge in [0.05, 0.1) is 0 Å². The molecule has 26 heavy (non-hydrogen) atoms. The first-order valence-corrected chi connectivity index (χ1v) is 8.38. The molecule has 138 valence electrons. The number of para-hydroxylation sites is 2. The number of hydrogen-bond acceptors (Lipinski definition) is 6. The zero-order valence-electron chi connectivity index (χ0n) is 14.6. The van der Waals surface area contributed by atoms with E-state index in [1.165, 1.54) is 0 Å². The normalized spacial score (nSPS) is 11.3. The molecule has 0 N–H and O–H groups in total. The smallest absolute Gasteiger partial charge is 0.344 e. The molecule has 0 aliphatic carbocycles. The van der Waals surface area contributed by atoms with Crippen molar-refractivity contribution in [1.29, 1.82) is 0 Å². The summed E-state index contributed by atoms with van der Waals surface area (Å²) >= 11 is 0. The average molecular weight is 358 g/mol. The molecule has 2 aromatic carbocycles. The molecule has 1 unspecified atom stereocenters. The van der Waals surface area contributed by atoms with E-state index in [9.17, 15) is 9.59 Å². The molecule has 0 spiro atoms. The van der Waals surface area contributed by atoms with Gasteiger partial charge in [-0.3, -0.25) is 0 Å². The summed E-state index contributed by atoms with van der Waals surface area (Å²) in [5, 5.41) is 0. The van der Waals surface area contributed by atoms with Crippen molar-refractivity contribution in [3.63, 3.8) is 0 Å². The van der Waals surface area contributed by atoms with Crippen LogP contribution in [-0.2, 0) is 19.1 Å².